The van der Waals surface area contributed by atoms with Crippen molar-refractivity contribution in [2.75, 3.05) is 20.1 Å². The summed E-state index contributed by atoms with van der Waals surface area (Å²) < 4.78 is 0. The molecule has 1 aliphatic rings. The minimum Gasteiger partial charge on any atom is -0.317 e. The molecule has 0 bridgehead atoms. The molecule has 2 heteroatoms. The smallest absolute Gasteiger partial charge is 0.0325 e. The third-order valence-corrected chi connectivity index (χ3v) is 5.01. The van der Waals surface area contributed by atoms with Crippen LogP contribution < -0.4 is 5.32 Å². The highest BCUT2D eigenvalue weighted by molar-refractivity contribution is 5.86. The molecule has 1 fully saturated rings. The molecular weight excluding hydrogens is 256 g/mol. The first-order valence-electron chi connectivity index (χ1n) is 8.17. The Morgan fingerprint density at radius 1 is 1.05 bits per heavy atom. The number of benzene rings is 2. The summed E-state index contributed by atoms with van der Waals surface area (Å²) in [5.74, 6) is 0. The molecule has 0 radical (unpaired) electrons. The number of fused-ring (bicyclic) bond motifs is 1. The van der Waals surface area contributed by atoms with Crippen LogP contribution in [0.15, 0.2) is 42.5 Å². The van der Waals surface area contributed by atoms with Gasteiger partial charge in [-0.25, -0.2) is 0 Å². The summed E-state index contributed by atoms with van der Waals surface area (Å²) >= 11 is 0. The lowest BCUT2D eigenvalue weighted by Crippen LogP contribution is -2.34. The van der Waals surface area contributed by atoms with Crippen LogP contribution in [0.4, 0.5) is 0 Å². The summed E-state index contributed by atoms with van der Waals surface area (Å²) in [5.41, 5.74) is 1.45. The Hall–Kier alpha value is -1.38. The van der Waals surface area contributed by atoms with E-state index in [2.05, 4.69) is 66.7 Å². The van der Waals surface area contributed by atoms with Gasteiger partial charge >= 0.3 is 0 Å². The minimum atomic E-state index is 0.458. The van der Waals surface area contributed by atoms with Crippen molar-refractivity contribution in [2.45, 2.75) is 38.3 Å². The fourth-order valence-corrected chi connectivity index (χ4v) is 3.56. The van der Waals surface area contributed by atoms with Gasteiger partial charge in [-0.3, -0.25) is 4.90 Å². The first kappa shape index (κ1) is 14.6. The van der Waals surface area contributed by atoms with Crippen LogP contribution in [0, 0.1) is 0 Å². The number of hydrogen-bond donors (Lipinski definition) is 1. The maximum absolute atomic E-state index is 3.51. The molecule has 1 aliphatic heterocycles. The molecule has 0 aromatic heterocycles. The van der Waals surface area contributed by atoms with Crippen molar-refractivity contribution in [1.29, 1.82) is 0 Å². The van der Waals surface area contributed by atoms with Gasteiger partial charge in [0.25, 0.3) is 0 Å². The van der Waals surface area contributed by atoms with Gasteiger partial charge in [0.2, 0.25) is 0 Å². The van der Waals surface area contributed by atoms with Gasteiger partial charge in [0.1, 0.15) is 0 Å². The van der Waals surface area contributed by atoms with Gasteiger partial charge in [0.05, 0.1) is 0 Å². The van der Waals surface area contributed by atoms with Gasteiger partial charge in [-0.1, -0.05) is 42.5 Å². The Morgan fingerprint density at radius 3 is 2.76 bits per heavy atom. The van der Waals surface area contributed by atoms with E-state index in [9.17, 15) is 0 Å². The van der Waals surface area contributed by atoms with Crippen LogP contribution in [-0.2, 0) is 0 Å². The lowest BCUT2D eigenvalue weighted by molar-refractivity contribution is 0.172. The summed E-state index contributed by atoms with van der Waals surface area (Å²) in [4.78, 5) is 2.58. The van der Waals surface area contributed by atoms with E-state index in [1.807, 2.05) is 0 Å². The largest absolute Gasteiger partial charge is 0.317 e. The third-order valence-electron chi connectivity index (χ3n) is 5.01. The molecular formula is C19H26N2. The van der Waals surface area contributed by atoms with Crippen molar-refractivity contribution in [3.63, 3.8) is 0 Å². The predicted molar refractivity (Wildman–Crippen MR) is 90.6 cm³/mol. The van der Waals surface area contributed by atoms with E-state index in [-0.39, 0.29) is 0 Å². The molecule has 0 amide bonds. The Bertz CT molecular complexity index is 580. The van der Waals surface area contributed by atoms with E-state index < -0.39 is 0 Å². The van der Waals surface area contributed by atoms with Crippen molar-refractivity contribution >= 4 is 10.8 Å². The monoisotopic (exact) mass is 282 g/mol. The molecule has 3 rings (SSSR count). The highest BCUT2D eigenvalue weighted by Gasteiger charge is 2.22. The van der Waals surface area contributed by atoms with Gasteiger partial charge in [-0.2, -0.15) is 0 Å². The standard InChI is InChI=1S/C19H26N2/c1-15(21(2)17-9-6-13-20-14-12-17)18-11-5-8-16-7-3-4-10-19(16)18/h3-5,7-8,10-11,15,17,20H,6,9,12-14H2,1-2H3. The van der Waals surface area contributed by atoms with E-state index in [0.29, 0.717) is 12.1 Å². The molecule has 0 spiro atoms. The first-order valence-corrected chi connectivity index (χ1v) is 8.17. The van der Waals surface area contributed by atoms with E-state index in [0.717, 1.165) is 6.54 Å². The van der Waals surface area contributed by atoms with Crippen LogP contribution in [0.25, 0.3) is 10.8 Å². The molecule has 2 aromatic rings. The zero-order valence-corrected chi connectivity index (χ0v) is 13.2. The Balaban J connectivity index is 1.87. The molecule has 2 nitrogen and oxygen atoms in total. The summed E-state index contributed by atoms with van der Waals surface area (Å²) in [5, 5.41) is 6.25. The lowest BCUT2D eigenvalue weighted by Gasteiger charge is -2.33. The highest BCUT2D eigenvalue weighted by Crippen LogP contribution is 2.30. The predicted octanol–water partition coefficient (Wildman–Crippen LogP) is 3.97. The van der Waals surface area contributed by atoms with Crippen LogP contribution in [0.2, 0.25) is 0 Å². The summed E-state index contributed by atoms with van der Waals surface area (Å²) in [6, 6.07) is 16.6. The fraction of sp³-hybridized carbons (Fsp3) is 0.474. The van der Waals surface area contributed by atoms with E-state index in [1.54, 1.807) is 0 Å². The number of hydrogen-bond acceptors (Lipinski definition) is 2. The second kappa shape index (κ2) is 6.59. The van der Waals surface area contributed by atoms with Gasteiger partial charge < -0.3 is 5.32 Å². The van der Waals surface area contributed by atoms with E-state index in [4.69, 9.17) is 0 Å². The quantitative estimate of drug-likeness (QED) is 0.916. The molecule has 112 valence electrons. The van der Waals surface area contributed by atoms with E-state index in [1.165, 1.54) is 42.1 Å². The molecule has 1 saturated heterocycles. The van der Waals surface area contributed by atoms with Crippen LogP contribution >= 0.6 is 0 Å². The topological polar surface area (TPSA) is 15.3 Å². The molecule has 2 unspecified atom stereocenters. The molecule has 1 heterocycles. The number of nitrogens with zero attached hydrogens (tertiary/aromatic N) is 1. The summed E-state index contributed by atoms with van der Waals surface area (Å²) in [6.45, 7) is 4.67. The SMILES string of the molecule is CC(c1cccc2ccccc12)N(C)C1CCCNCC1. The van der Waals surface area contributed by atoms with E-state index >= 15 is 0 Å². The maximum Gasteiger partial charge on any atom is 0.0325 e. The van der Waals surface area contributed by atoms with Crippen molar-refractivity contribution in [1.82, 2.24) is 10.2 Å². The average molecular weight is 282 g/mol. The van der Waals surface area contributed by atoms with Crippen LogP contribution in [-0.4, -0.2) is 31.1 Å². The van der Waals surface area contributed by atoms with Crippen molar-refractivity contribution < 1.29 is 0 Å². The Kier molecular flexibility index (Phi) is 4.57. The lowest BCUT2D eigenvalue weighted by atomic mass is 9.97. The molecule has 2 aromatic carbocycles. The van der Waals surface area contributed by atoms with Gasteiger partial charge in [0, 0.05) is 12.1 Å². The van der Waals surface area contributed by atoms with Crippen LogP contribution in [0.1, 0.15) is 37.8 Å². The van der Waals surface area contributed by atoms with Crippen LogP contribution in [0.3, 0.4) is 0 Å². The molecule has 0 aliphatic carbocycles. The maximum atomic E-state index is 3.51. The third kappa shape index (κ3) is 3.12. The second-order valence-corrected chi connectivity index (χ2v) is 6.24. The molecule has 21 heavy (non-hydrogen) atoms. The molecule has 0 saturated carbocycles. The number of rotatable bonds is 3. The normalized spacial score (nSPS) is 21.4. The van der Waals surface area contributed by atoms with Gasteiger partial charge in [0.15, 0.2) is 0 Å². The first-order chi connectivity index (χ1) is 10.3. The van der Waals surface area contributed by atoms with Crippen LogP contribution in [0.5, 0.6) is 0 Å². The Morgan fingerprint density at radius 2 is 1.86 bits per heavy atom. The zero-order chi connectivity index (χ0) is 14.7. The number of nitrogens with one attached hydrogen (secondary N) is 1. The summed E-state index contributed by atoms with van der Waals surface area (Å²) in [6.07, 6.45) is 3.85. The molecule has 1 N–H and O–H groups in total. The van der Waals surface area contributed by atoms with Gasteiger partial charge in [-0.15, -0.1) is 0 Å². The fourth-order valence-electron chi connectivity index (χ4n) is 3.56. The van der Waals surface area contributed by atoms with Crippen molar-refractivity contribution in [2.24, 2.45) is 0 Å². The Labute approximate surface area is 128 Å². The second-order valence-electron chi connectivity index (χ2n) is 6.24. The summed E-state index contributed by atoms with van der Waals surface area (Å²) in [7, 11) is 2.29. The van der Waals surface area contributed by atoms with Crippen molar-refractivity contribution in [3.8, 4) is 0 Å². The molecule has 2 atom stereocenters. The van der Waals surface area contributed by atoms with Gasteiger partial charge in [-0.05, 0) is 62.7 Å². The van der Waals surface area contributed by atoms with Crippen molar-refractivity contribution in [3.05, 3.63) is 48.0 Å². The average Bonchev–Trinajstić information content (AvgIpc) is 2.82. The minimum absolute atomic E-state index is 0.458. The highest BCUT2D eigenvalue weighted by atomic mass is 15.2. The zero-order valence-electron chi connectivity index (χ0n) is 13.2.